The summed E-state index contributed by atoms with van der Waals surface area (Å²) in [7, 11) is 0. The second-order valence-electron chi connectivity index (χ2n) is 4.81. The zero-order chi connectivity index (χ0) is 15.9. The Kier molecular flexibility index (Phi) is 6.45. The molecule has 5 nitrogen and oxygen atoms in total. The second-order valence-corrected chi connectivity index (χ2v) is 7.06. The Morgan fingerprint density at radius 1 is 1.45 bits per heavy atom. The third kappa shape index (κ3) is 4.10. The van der Waals surface area contributed by atoms with Crippen LogP contribution in [0.1, 0.15) is 33.6 Å². The van der Waals surface area contributed by atoms with Gasteiger partial charge in [-0.15, -0.1) is 21.5 Å². The minimum atomic E-state index is -0.289. The van der Waals surface area contributed by atoms with Gasteiger partial charge < -0.3 is 9.30 Å². The Balaban J connectivity index is 2.05. The Labute approximate surface area is 139 Å². The molecule has 1 unspecified atom stereocenters. The molecule has 7 heteroatoms. The number of esters is 1. The summed E-state index contributed by atoms with van der Waals surface area (Å²) in [5.41, 5.74) is 0. The first-order valence-electron chi connectivity index (χ1n) is 7.47. The molecule has 2 aromatic rings. The van der Waals surface area contributed by atoms with E-state index >= 15 is 0 Å². The fourth-order valence-electron chi connectivity index (χ4n) is 1.89. The highest BCUT2D eigenvalue weighted by Crippen LogP contribution is 2.29. The molecule has 0 N–H and O–H groups in total. The molecule has 0 bridgehead atoms. The van der Waals surface area contributed by atoms with Crippen LogP contribution < -0.4 is 0 Å². The maximum atomic E-state index is 12.0. The van der Waals surface area contributed by atoms with Crippen molar-refractivity contribution in [3.8, 4) is 10.7 Å². The smallest absolute Gasteiger partial charge is 0.319 e. The first-order valence-corrected chi connectivity index (χ1v) is 9.23. The second kappa shape index (κ2) is 8.33. The standard InChI is InChI=1S/C15H21N3O2S2/c1-4-6-9-20-14(19)11(3)22-15-17-16-13(18(15)5-2)12-8-7-10-21-12/h7-8,10-11H,4-6,9H2,1-3H3. The number of nitrogens with zero attached hydrogens (tertiary/aromatic N) is 3. The van der Waals surface area contributed by atoms with Gasteiger partial charge >= 0.3 is 5.97 Å². The van der Waals surface area contributed by atoms with Crippen LogP contribution in [0.3, 0.4) is 0 Å². The highest BCUT2D eigenvalue weighted by atomic mass is 32.2. The number of carbonyl (C=O) groups is 1. The van der Waals surface area contributed by atoms with Gasteiger partial charge in [0.25, 0.3) is 0 Å². The zero-order valence-electron chi connectivity index (χ0n) is 13.1. The van der Waals surface area contributed by atoms with Crippen molar-refractivity contribution >= 4 is 29.1 Å². The molecule has 120 valence electrons. The predicted octanol–water partition coefficient (Wildman–Crippen LogP) is 3.85. The summed E-state index contributed by atoms with van der Waals surface area (Å²) in [6, 6.07) is 4.02. The lowest BCUT2D eigenvalue weighted by Gasteiger charge is -2.11. The monoisotopic (exact) mass is 339 g/mol. The average molecular weight is 339 g/mol. The lowest BCUT2D eigenvalue weighted by atomic mass is 10.4. The lowest BCUT2D eigenvalue weighted by molar-refractivity contribution is -0.142. The van der Waals surface area contributed by atoms with E-state index < -0.39 is 0 Å². The van der Waals surface area contributed by atoms with E-state index in [1.165, 1.54) is 11.8 Å². The number of ether oxygens (including phenoxy) is 1. The molecule has 0 amide bonds. The van der Waals surface area contributed by atoms with E-state index in [0.29, 0.717) is 6.61 Å². The van der Waals surface area contributed by atoms with Crippen molar-refractivity contribution in [1.29, 1.82) is 0 Å². The summed E-state index contributed by atoms with van der Waals surface area (Å²) in [5, 5.41) is 11.0. The largest absolute Gasteiger partial charge is 0.465 e. The summed E-state index contributed by atoms with van der Waals surface area (Å²) in [6.07, 6.45) is 1.92. The van der Waals surface area contributed by atoms with E-state index in [0.717, 1.165) is 35.2 Å². The molecule has 22 heavy (non-hydrogen) atoms. The molecule has 0 aliphatic carbocycles. The van der Waals surface area contributed by atoms with E-state index in [1.54, 1.807) is 11.3 Å². The van der Waals surface area contributed by atoms with Gasteiger partial charge in [0.1, 0.15) is 5.25 Å². The molecular weight excluding hydrogens is 318 g/mol. The molecule has 0 radical (unpaired) electrons. The molecule has 0 saturated carbocycles. The van der Waals surface area contributed by atoms with E-state index in [1.807, 2.05) is 29.0 Å². The number of thiophene rings is 1. The third-order valence-electron chi connectivity index (χ3n) is 3.13. The molecule has 0 fully saturated rings. The van der Waals surface area contributed by atoms with Gasteiger partial charge in [-0.05, 0) is 31.7 Å². The van der Waals surface area contributed by atoms with Crippen molar-refractivity contribution in [2.45, 2.75) is 50.6 Å². The Morgan fingerprint density at radius 2 is 2.27 bits per heavy atom. The predicted molar refractivity (Wildman–Crippen MR) is 90.2 cm³/mol. The average Bonchev–Trinajstić information content (AvgIpc) is 3.15. The normalized spacial score (nSPS) is 12.3. The molecule has 0 aliphatic heterocycles. The first kappa shape index (κ1) is 17.0. The van der Waals surface area contributed by atoms with Crippen LogP contribution in [0.25, 0.3) is 10.7 Å². The first-order chi connectivity index (χ1) is 10.7. The van der Waals surface area contributed by atoms with Gasteiger partial charge in [-0.25, -0.2) is 0 Å². The Hall–Kier alpha value is -1.34. The Morgan fingerprint density at radius 3 is 2.91 bits per heavy atom. The van der Waals surface area contributed by atoms with Crippen LogP contribution in [0.15, 0.2) is 22.7 Å². The van der Waals surface area contributed by atoms with Gasteiger partial charge in [0.05, 0.1) is 11.5 Å². The van der Waals surface area contributed by atoms with E-state index in [2.05, 4.69) is 24.0 Å². The van der Waals surface area contributed by atoms with Gasteiger partial charge in [-0.3, -0.25) is 4.79 Å². The topological polar surface area (TPSA) is 57.0 Å². The minimum Gasteiger partial charge on any atom is -0.465 e. The van der Waals surface area contributed by atoms with E-state index in [-0.39, 0.29) is 11.2 Å². The van der Waals surface area contributed by atoms with Crippen LogP contribution in [-0.4, -0.2) is 32.6 Å². The van der Waals surface area contributed by atoms with Crippen molar-refractivity contribution in [3.63, 3.8) is 0 Å². The van der Waals surface area contributed by atoms with Crippen LogP contribution in [0.5, 0.6) is 0 Å². The number of carbonyl (C=O) groups excluding carboxylic acids is 1. The number of aromatic nitrogens is 3. The zero-order valence-corrected chi connectivity index (χ0v) is 14.7. The minimum absolute atomic E-state index is 0.193. The summed E-state index contributed by atoms with van der Waals surface area (Å²) >= 11 is 3.03. The van der Waals surface area contributed by atoms with Crippen molar-refractivity contribution < 1.29 is 9.53 Å². The molecule has 2 rings (SSSR count). The third-order valence-corrected chi connectivity index (χ3v) is 5.06. The molecule has 2 heterocycles. The maximum Gasteiger partial charge on any atom is 0.319 e. The van der Waals surface area contributed by atoms with Crippen molar-refractivity contribution in [3.05, 3.63) is 17.5 Å². The van der Waals surface area contributed by atoms with E-state index in [4.69, 9.17) is 4.74 Å². The van der Waals surface area contributed by atoms with Gasteiger partial charge in [0.15, 0.2) is 11.0 Å². The molecule has 0 spiro atoms. The fourth-order valence-corrected chi connectivity index (χ4v) is 3.52. The van der Waals surface area contributed by atoms with Gasteiger partial charge in [-0.2, -0.15) is 0 Å². The van der Waals surface area contributed by atoms with Gasteiger partial charge in [0.2, 0.25) is 0 Å². The van der Waals surface area contributed by atoms with Crippen molar-refractivity contribution in [1.82, 2.24) is 14.8 Å². The van der Waals surface area contributed by atoms with Crippen LogP contribution >= 0.6 is 23.1 Å². The molecule has 0 aromatic carbocycles. The number of thioether (sulfide) groups is 1. The molecular formula is C15H21N3O2S2. The molecule has 2 aromatic heterocycles. The summed E-state index contributed by atoms with van der Waals surface area (Å²) in [4.78, 5) is 13.0. The highest BCUT2D eigenvalue weighted by molar-refractivity contribution is 8.00. The van der Waals surface area contributed by atoms with Gasteiger partial charge in [-0.1, -0.05) is 31.2 Å². The fraction of sp³-hybridized carbons (Fsp3) is 0.533. The van der Waals surface area contributed by atoms with Gasteiger partial charge in [0, 0.05) is 6.54 Å². The molecule has 0 aliphatic rings. The van der Waals surface area contributed by atoms with Crippen molar-refractivity contribution in [2.24, 2.45) is 0 Å². The Bertz CT molecular complexity index is 596. The van der Waals surface area contributed by atoms with Crippen LogP contribution in [0, 0.1) is 0 Å². The highest BCUT2D eigenvalue weighted by Gasteiger charge is 2.21. The summed E-state index contributed by atoms with van der Waals surface area (Å²) in [6.45, 7) is 7.22. The number of hydrogen-bond acceptors (Lipinski definition) is 6. The summed E-state index contributed by atoms with van der Waals surface area (Å²) < 4.78 is 7.29. The van der Waals surface area contributed by atoms with Crippen LogP contribution in [0.4, 0.5) is 0 Å². The van der Waals surface area contributed by atoms with Crippen molar-refractivity contribution in [2.75, 3.05) is 6.61 Å². The molecule has 0 saturated heterocycles. The lowest BCUT2D eigenvalue weighted by Crippen LogP contribution is -2.18. The maximum absolute atomic E-state index is 12.0. The van der Waals surface area contributed by atoms with Crippen LogP contribution in [0.2, 0.25) is 0 Å². The quantitative estimate of drug-likeness (QED) is 0.415. The van der Waals surface area contributed by atoms with Crippen LogP contribution in [-0.2, 0) is 16.1 Å². The number of unbranched alkanes of at least 4 members (excludes halogenated alkanes) is 1. The number of hydrogen-bond donors (Lipinski definition) is 0. The van der Waals surface area contributed by atoms with E-state index in [9.17, 15) is 4.79 Å². The number of rotatable bonds is 8. The summed E-state index contributed by atoms with van der Waals surface area (Å²) in [5.74, 6) is 0.660. The SMILES string of the molecule is CCCCOC(=O)C(C)Sc1nnc(-c2cccs2)n1CC. The molecule has 1 atom stereocenters.